The molecule has 28 heavy (non-hydrogen) atoms. The summed E-state index contributed by atoms with van der Waals surface area (Å²) in [6.07, 6.45) is 4.21. The molecule has 1 atom stereocenters. The average molecular weight is 377 g/mol. The first-order valence-corrected chi connectivity index (χ1v) is 9.23. The number of nitriles is 1. The van der Waals surface area contributed by atoms with Crippen molar-refractivity contribution in [2.24, 2.45) is 0 Å². The van der Waals surface area contributed by atoms with Crippen LogP contribution in [0, 0.1) is 18.3 Å². The van der Waals surface area contributed by atoms with Crippen molar-refractivity contribution < 1.29 is 13.9 Å². The van der Waals surface area contributed by atoms with Crippen molar-refractivity contribution in [3.63, 3.8) is 0 Å². The fraction of sp³-hybridized carbons (Fsp3) is 0.273. The van der Waals surface area contributed by atoms with Gasteiger partial charge in [0.25, 0.3) is 5.91 Å². The molecule has 0 saturated heterocycles. The van der Waals surface area contributed by atoms with Crippen LogP contribution in [0.2, 0.25) is 0 Å². The van der Waals surface area contributed by atoms with Crippen LogP contribution < -0.4 is 5.32 Å². The normalized spacial score (nSPS) is 11.8. The minimum Gasteiger partial charge on any atom is -0.443 e. The second-order valence-electron chi connectivity index (χ2n) is 6.45. The molecule has 0 aliphatic heterocycles. The Hall–Kier alpha value is -3.30. The molecule has 2 heterocycles. The Morgan fingerprint density at radius 2 is 1.96 bits per heavy atom. The number of carbonyl (C=O) groups excluding carboxylic acids is 1. The van der Waals surface area contributed by atoms with Crippen molar-refractivity contribution in [1.29, 1.82) is 5.26 Å². The highest BCUT2D eigenvalue weighted by Gasteiger charge is 2.24. The van der Waals surface area contributed by atoms with E-state index in [0.717, 1.165) is 5.56 Å². The first kappa shape index (κ1) is 19.5. The third kappa shape index (κ3) is 4.33. The van der Waals surface area contributed by atoms with E-state index in [2.05, 4.69) is 11.4 Å². The van der Waals surface area contributed by atoms with E-state index in [9.17, 15) is 10.1 Å². The van der Waals surface area contributed by atoms with Gasteiger partial charge in [0.1, 0.15) is 23.0 Å². The number of ether oxygens (including phenoxy) is 1. The van der Waals surface area contributed by atoms with Crippen LogP contribution in [0.3, 0.4) is 0 Å². The number of aryl methyl sites for hydroxylation is 1. The second kappa shape index (κ2) is 9.07. The van der Waals surface area contributed by atoms with Crippen LogP contribution in [0.1, 0.15) is 46.7 Å². The van der Waals surface area contributed by atoms with Crippen molar-refractivity contribution in [2.45, 2.75) is 26.4 Å². The standard InChI is InChI=1S/C22H23N3O3/c1-16(18-9-4-3-5-10-18)27-14-8-11-24-21(26)20-17(2)28-22(19(20)15-23)25-12-6-7-13-25/h3-7,9-10,12-13,16H,8,11,14H2,1-2H3,(H,24,26). The van der Waals surface area contributed by atoms with Gasteiger partial charge >= 0.3 is 0 Å². The largest absolute Gasteiger partial charge is 0.443 e. The molecule has 1 aromatic carbocycles. The Balaban J connectivity index is 1.54. The highest BCUT2D eigenvalue weighted by Crippen LogP contribution is 2.25. The summed E-state index contributed by atoms with van der Waals surface area (Å²) in [7, 11) is 0. The van der Waals surface area contributed by atoms with E-state index in [4.69, 9.17) is 9.15 Å². The lowest BCUT2D eigenvalue weighted by molar-refractivity contribution is 0.0635. The molecule has 3 rings (SSSR count). The van der Waals surface area contributed by atoms with E-state index >= 15 is 0 Å². The number of hydrogen-bond donors (Lipinski definition) is 1. The molecule has 3 aromatic rings. The Kier molecular flexibility index (Phi) is 6.30. The van der Waals surface area contributed by atoms with Crippen LogP contribution in [0.15, 0.2) is 59.3 Å². The molecule has 1 N–H and O–H groups in total. The SMILES string of the molecule is Cc1oc(-n2cccc2)c(C#N)c1C(=O)NCCCOC(C)c1ccccc1. The van der Waals surface area contributed by atoms with Crippen molar-refractivity contribution in [1.82, 2.24) is 9.88 Å². The molecule has 6 nitrogen and oxygen atoms in total. The second-order valence-corrected chi connectivity index (χ2v) is 6.45. The average Bonchev–Trinajstić information content (AvgIpc) is 3.35. The summed E-state index contributed by atoms with van der Waals surface area (Å²) in [5, 5.41) is 12.4. The summed E-state index contributed by atoms with van der Waals surface area (Å²) in [5.74, 6) is 0.467. The minimum absolute atomic E-state index is 0.00217. The molecule has 0 radical (unpaired) electrons. The van der Waals surface area contributed by atoms with Gasteiger partial charge in [0, 0.05) is 25.5 Å². The molecule has 2 aromatic heterocycles. The van der Waals surface area contributed by atoms with Gasteiger partial charge in [0.2, 0.25) is 5.88 Å². The fourth-order valence-electron chi connectivity index (χ4n) is 3.00. The number of nitrogens with one attached hydrogen (secondary N) is 1. The molecule has 0 saturated carbocycles. The molecule has 0 fully saturated rings. The third-order valence-electron chi connectivity index (χ3n) is 4.49. The Morgan fingerprint density at radius 3 is 2.64 bits per heavy atom. The van der Waals surface area contributed by atoms with Crippen LogP contribution in [0.5, 0.6) is 0 Å². The van der Waals surface area contributed by atoms with E-state index in [1.165, 1.54) is 0 Å². The maximum atomic E-state index is 12.6. The lowest BCUT2D eigenvalue weighted by Crippen LogP contribution is -2.26. The number of rotatable bonds is 8. The monoisotopic (exact) mass is 377 g/mol. The number of carbonyl (C=O) groups is 1. The summed E-state index contributed by atoms with van der Waals surface area (Å²) in [4.78, 5) is 12.6. The lowest BCUT2D eigenvalue weighted by Gasteiger charge is -2.13. The summed E-state index contributed by atoms with van der Waals surface area (Å²) in [5.41, 5.74) is 1.64. The van der Waals surface area contributed by atoms with Gasteiger partial charge in [-0.3, -0.25) is 9.36 Å². The highest BCUT2D eigenvalue weighted by molar-refractivity contribution is 5.98. The lowest BCUT2D eigenvalue weighted by atomic mass is 10.1. The van der Waals surface area contributed by atoms with E-state index in [1.807, 2.05) is 49.4 Å². The number of benzene rings is 1. The van der Waals surface area contributed by atoms with Gasteiger partial charge < -0.3 is 14.5 Å². The zero-order chi connectivity index (χ0) is 19.9. The molecule has 0 spiro atoms. The molecule has 1 amide bonds. The number of aromatic nitrogens is 1. The Bertz CT molecular complexity index is 953. The Morgan fingerprint density at radius 1 is 1.25 bits per heavy atom. The zero-order valence-corrected chi connectivity index (χ0v) is 16.0. The number of nitrogens with zero attached hydrogens (tertiary/aromatic N) is 2. The molecule has 1 unspecified atom stereocenters. The maximum Gasteiger partial charge on any atom is 0.256 e. The minimum atomic E-state index is -0.313. The predicted octanol–water partition coefficient (Wildman–Crippen LogP) is 4.15. The maximum absolute atomic E-state index is 12.6. The van der Waals surface area contributed by atoms with Crippen molar-refractivity contribution >= 4 is 5.91 Å². The van der Waals surface area contributed by atoms with Crippen LogP contribution in [-0.4, -0.2) is 23.6 Å². The van der Waals surface area contributed by atoms with E-state index in [0.29, 0.717) is 31.2 Å². The molecular weight excluding hydrogens is 354 g/mol. The van der Waals surface area contributed by atoms with Crippen LogP contribution >= 0.6 is 0 Å². The molecule has 6 heteroatoms. The van der Waals surface area contributed by atoms with Crippen LogP contribution in [0.25, 0.3) is 5.88 Å². The van der Waals surface area contributed by atoms with E-state index in [1.54, 1.807) is 23.9 Å². The smallest absolute Gasteiger partial charge is 0.256 e. The van der Waals surface area contributed by atoms with Crippen molar-refractivity contribution in [2.75, 3.05) is 13.2 Å². The van der Waals surface area contributed by atoms with Gasteiger partial charge in [-0.15, -0.1) is 0 Å². The molecule has 0 aliphatic rings. The van der Waals surface area contributed by atoms with E-state index < -0.39 is 0 Å². The topological polar surface area (TPSA) is 80.2 Å². The van der Waals surface area contributed by atoms with Gasteiger partial charge in [0.05, 0.1) is 6.10 Å². The summed E-state index contributed by atoms with van der Waals surface area (Å²) in [6.45, 7) is 4.67. The molecule has 0 bridgehead atoms. The first-order chi connectivity index (χ1) is 13.6. The van der Waals surface area contributed by atoms with Crippen molar-refractivity contribution in [3.8, 4) is 12.0 Å². The zero-order valence-electron chi connectivity index (χ0n) is 16.0. The fourth-order valence-corrected chi connectivity index (χ4v) is 3.00. The van der Waals surface area contributed by atoms with Gasteiger partial charge in [-0.05, 0) is 38.0 Å². The summed E-state index contributed by atoms with van der Waals surface area (Å²) >= 11 is 0. The molecule has 144 valence electrons. The van der Waals surface area contributed by atoms with Gasteiger partial charge in [-0.25, -0.2) is 0 Å². The summed E-state index contributed by atoms with van der Waals surface area (Å²) < 4.78 is 13.2. The van der Waals surface area contributed by atoms with Crippen LogP contribution in [-0.2, 0) is 4.74 Å². The highest BCUT2D eigenvalue weighted by atomic mass is 16.5. The number of hydrogen-bond acceptors (Lipinski definition) is 4. The number of furan rings is 1. The van der Waals surface area contributed by atoms with E-state index in [-0.39, 0.29) is 23.1 Å². The molecule has 0 aliphatic carbocycles. The van der Waals surface area contributed by atoms with Gasteiger partial charge in [-0.1, -0.05) is 30.3 Å². The van der Waals surface area contributed by atoms with Gasteiger partial charge in [0.15, 0.2) is 0 Å². The first-order valence-electron chi connectivity index (χ1n) is 9.23. The van der Waals surface area contributed by atoms with Crippen LogP contribution in [0.4, 0.5) is 0 Å². The third-order valence-corrected chi connectivity index (χ3v) is 4.49. The molecular formula is C22H23N3O3. The number of amides is 1. The predicted molar refractivity (Wildman–Crippen MR) is 105 cm³/mol. The van der Waals surface area contributed by atoms with Gasteiger partial charge in [-0.2, -0.15) is 5.26 Å². The quantitative estimate of drug-likeness (QED) is 0.598. The summed E-state index contributed by atoms with van der Waals surface area (Å²) in [6, 6.07) is 15.7. The Labute approximate surface area is 164 Å². The van der Waals surface area contributed by atoms with Crippen molar-refractivity contribution in [3.05, 3.63) is 77.3 Å².